The molecule has 0 fully saturated rings. The number of halogens is 1. The number of hydrogen-bond acceptors (Lipinski definition) is 0. The maximum absolute atomic E-state index is 3.87. The van der Waals surface area contributed by atoms with Gasteiger partial charge >= 0.3 is 0 Å². The van der Waals surface area contributed by atoms with Gasteiger partial charge in [0.2, 0.25) is 0 Å². The highest BCUT2D eigenvalue weighted by molar-refractivity contribution is 9.10. The Bertz CT molecular complexity index is 506. The first-order valence-corrected chi connectivity index (χ1v) is 6.89. The molecule has 0 saturated heterocycles. The molecule has 1 heteroatoms. The Labute approximate surface area is 117 Å². The van der Waals surface area contributed by atoms with E-state index in [-0.39, 0.29) is 0 Å². The van der Waals surface area contributed by atoms with E-state index in [2.05, 4.69) is 83.5 Å². The zero-order chi connectivity index (χ0) is 12.8. The van der Waals surface area contributed by atoms with Crippen molar-refractivity contribution in [2.45, 2.75) is 12.8 Å². The third kappa shape index (κ3) is 3.85. The van der Waals surface area contributed by atoms with Crippen molar-refractivity contribution in [3.8, 4) is 0 Å². The number of aryl methyl sites for hydroxylation is 1. The van der Waals surface area contributed by atoms with Crippen molar-refractivity contribution in [3.05, 3.63) is 76.6 Å². The molecule has 2 aromatic rings. The molecule has 0 aliphatic carbocycles. The van der Waals surface area contributed by atoms with Crippen LogP contribution < -0.4 is 0 Å². The Kier molecular flexibility index (Phi) is 4.77. The second-order valence-corrected chi connectivity index (χ2v) is 5.15. The molecule has 0 aliphatic heterocycles. The summed E-state index contributed by atoms with van der Waals surface area (Å²) in [5.74, 6) is 0. The van der Waals surface area contributed by atoms with Crippen molar-refractivity contribution in [1.82, 2.24) is 0 Å². The van der Waals surface area contributed by atoms with Crippen LogP contribution in [0.25, 0.3) is 12.2 Å². The van der Waals surface area contributed by atoms with Gasteiger partial charge in [-0.25, -0.2) is 0 Å². The topological polar surface area (TPSA) is 0 Å². The molecule has 2 rings (SSSR count). The van der Waals surface area contributed by atoms with Gasteiger partial charge < -0.3 is 0 Å². The van der Waals surface area contributed by atoms with Gasteiger partial charge in [-0.15, -0.1) is 0 Å². The third-order valence-electron chi connectivity index (χ3n) is 2.78. The van der Waals surface area contributed by atoms with Gasteiger partial charge in [-0.1, -0.05) is 71.4 Å². The lowest BCUT2D eigenvalue weighted by Gasteiger charge is -1.99. The van der Waals surface area contributed by atoms with Crippen molar-refractivity contribution in [2.75, 3.05) is 0 Å². The lowest BCUT2D eigenvalue weighted by atomic mass is 10.1. The van der Waals surface area contributed by atoms with E-state index in [0.717, 1.165) is 17.3 Å². The molecular formula is C17H16Br. The zero-order valence-corrected chi connectivity index (χ0v) is 11.9. The van der Waals surface area contributed by atoms with Crippen LogP contribution in [0, 0.1) is 6.92 Å². The van der Waals surface area contributed by atoms with Crippen LogP contribution in [0.5, 0.6) is 0 Å². The minimum Gasteiger partial charge on any atom is -0.0584 e. The van der Waals surface area contributed by atoms with Crippen molar-refractivity contribution in [3.63, 3.8) is 0 Å². The molecule has 0 aliphatic rings. The van der Waals surface area contributed by atoms with E-state index in [9.17, 15) is 0 Å². The molecule has 0 saturated carbocycles. The SMILES string of the molecule is [CH2]CCc1ccc(C=Cc2ccc(Br)cc2)cc1. The molecule has 0 bridgehead atoms. The summed E-state index contributed by atoms with van der Waals surface area (Å²) in [6.07, 6.45) is 6.27. The smallest absolute Gasteiger partial charge is 0.0175 e. The van der Waals surface area contributed by atoms with E-state index in [1.165, 1.54) is 16.7 Å². The monoisotopic (exact) mass is 299 g/mol. The third-order valence-corrected chi connectivity index (χ3v) is 3.31. The van der Waals surface area contributed by atoms with Gasteiger partial charge in [0, 0.05) is 4.47 Å². The molecular weight excluding hydrogens is 284 g/mol. The predicted octanol–water partition coefficient (Wildman–Crippen LogP) is 5.39. The summed E-state index contributed by atoms with van der Waals surface area (Å²) >= 11 is 3.43. The molecule has 0 amide bonds. The molecule has 91 valence electrons. The first-order chi connectivity index (χ1) is 8.78. The van der Waals surface area contributed by atoms with Crippen molar-refractivity contribution in [1.29, 1.82) is 0 Å². The fraction of sp³-hybridized carbons (Fsp3) is 0.118. The molecule has 0 heterocycles. The average molecular weight is 300 g/mol. The van der Waals surface area contributed by atoms with Gasteiger partial charge in [0.1, 0.15) is 0 Å². The molecule has 2 aromatic carbocycles. The van der Waals surface area contributed by atoms with E-state index < -0.39 is 0 Å². The summed E-state index contributed by atoms with van der Waals surface area (Å²) < 4.78 is 1.11. The maximum atomic E-state index is 3.87. The van der Waals surface area contributed by atoms with Crippen LogP contribution in [0.4, 0.5) is 0 Å². The summed E-state index contributed by atoms with van der Waals surface area (Å²) in [4.78, 5) is 0. The van der Waals surface area contributed by atoms with E-state index in [0.29, 0.717) is 0 Å². The maximum Gasteiger partial charge on any atom is 0.0175 e. The lowest BCUT2D eigenvalue weighted by Crippen LogP contribution is -1.82. The van der Waals surface area contributed by atoms with E-state index >= 15 is 0 Å². The van der Waals surface area contributed by atoms with Gasteiger partial charge in [-0.05, 0) is 41.7 Å². The second kappa shape index (κ2) is 6.55. The summed E-state index contributed by atoms with van der Waals surface area (Å²) in [5, 5.41) is 0. The zero-order valence-electron chi connectivity index (χ0n) is 10.3. The van der Waals surface area contributed by atoms with E-state index in [1.807, 2.05) is 0 Å². The molecule has 0 atom stereocenters. The summed E-state index contributed by atoms with van der Waals surface area (Å²) in [7, 11) is 0. The highest BCUT2D eigenvalue weighted by Crippen LogP contribution is 2.14. The van der Waals surface area contributed by atoms with Gasteiger partial charge in [-0.3, -0.25) is 0 Å². The van der Waals surface area contributed by atoms with E-state index in [1.54, 1.807) is 0 Å². The molecule has 0 spiro atoms. The average Bonchev–Trinajstić information content (AvgIpc) is 2.40. The predicted molar refractivity (Wildman–Crippen MR) is 83.2 cm³/mol. The standard InChI is InChI=1S/C17H16Br/c1-2-3-14-4-6-15(7-5-14)8-9-16-10-12-17(18)13-11-16/h4-13H,1-3H2. The van der Waals surface area contributed by atoms with Gasteiger partial charge in [0.05, 0.1) is 0 Å². The molecule has 1 radical (unpaired) electrons. The number of hydrogen-bond donors (Lipinski definition) is 0. The lowest BCUT2D eigenvalue weighted by molar-refractivity contribution is 0.999. The van der Waals surface area contributed by atoms with Gasteiger partial charge in [0.15, 0.2) is 0 Å². The largest absolute Gasteiger partial charge is 0.0584 e. The minimum absolute atomic E-state index is 0.952. The summed E-state index contributed by atoms with van der Waals surface area (Å²) in [5.41, 5.74) is 3.79. The highest BCUT2D eigenvalue weighted by Gasteiger charge is 1.92. The fourth-order valence-corrected chi connectivity index (χ4v) is 2.03. The molecule has 0 aromatic heterocycles. The van der Waals surface area contributed by atoms with Crippen LogP contribution in [-0.2, 0) is 6.42 Å². The van der Waals surface area contributed by atoms with Crippen molar-refractivity contribution >= 4 is 28.1 Å². The second-order valence-electron chi connectivity index (χ2n) is 4.23. The Hall–Kier alpha value is -1.34. The molecule has 0 N–H and O–H groups in total. The normalized spacial score (nSPS) is 11.0. The van der Waals surface area contributed by atoms with Crippen LogP contribution in [0.2, 0.25) is 0 Å². The first kappa shape index (κ1) is 13.1. The molecule has 0 nitrogen and oxygen atoms in total. The summed E-state index contributed by atoms with van der Waals surface area (Å²) in [6.45, 7) is 3.87. The van der Waals surface area contributed by atoms with Crippen LogP contribution >= 0.6 is 15.9 Å². The Morgan fingerprint density at radius 3 is 1.83 bits per heavy atom. The van der Waals surface area contributed by atoms with Crippen LogP contribution in [0.1, 0.15) is 23.1 Å². The van der Waals surface area contributed by atoms with E-state index in [4.69, 9.17) is 0 Å². The van der Waals surface area contributed by atoms with Gasteiger partial charge in [-0.2, -0.15) is 0 Å². The van der Waals surface area contributed by atoms with Crippen LogP contribution in [-0.4, -0.2) is 0 Å². The Morgan fingerprint density at radius 2 is 1.33 bits per heavy atom. The number of rotatable bonds is 4. The highest BCUT2D eigenvalue weighted by atomic mass is 79.9. The quantitative estimate of drug-likeness (QED) is 0.664. The van der Waals surface area contributed by atoms with Crippen molar-refractivity contribution in [2.24, 2.45) is 0 Å². The Balaban J connectivity index is 2.06. The van der Waals surface area contributed by atoms with Crippen LogP contribution in [0.3, 0.4) is 0 Å². The summed E-state index contributed by atoms with van der Waals surface area (Å²) in [6, 6.07) is 16.9. The Morgan fingerprint density at radius 1 is 0.833 bits per heavy atom. The fourth-order valence-electron chi connectivity index (χ4n) is 1.77. The van der Waals surface area contributed by atoms with Crippen molar-refractivity contribution < 1.29 is 0 Å². The minimum atomic E-state index is 0.952. The molecule has 0 unspecified atom stereocenters. The van der Waals surface area contributed by atoms with Gasteiger partial charge in [0.25, 0.3) is 0 Å². The first-order valence-electron chi connectivity index (χ1n) is 6.10. The van der Waals surface area contributed by atoms with Crippen LogP contribution in [0.15, 0.2) is 53.0 Å². The molecule has 18 heavy (non-hydrogen) atoms. The number of benzene rings is 2.